The molecule has 1 N–H and O–H groups in total. The van der Waals surface area contributed by atoms with E-state index in [1.54, 1.807) is 0 Å². The number of benzene rings is 2. The van der Waals surface area contributed by atoms with Gasteiger partial charge in [-0.3, -0.25) is 0 Å². The first kappa shape index (κ1) is 15.2. The smallest absolute Gasteiger partial charge is 0.135 e. The molecule has 108 valence electrons. The highest BCUT2D eigenvalue weighted by atomic mass is 16.5. The van der Waals surface area contributed by atoms with Crippen LogP contribution in [0.25, 0.3) is 0 Å². The summed E-state index contributed by atoms with van der Waals surface area (Å²) in [5.41, 5.74) is 4.50. The van der Waals surface area contributed by atoms with E-state index in [0.717, 1.165) is 16.9 Å². The molecule has 2 aromatic carbocycles. The minimum absolute atomic E-state index is 0.0819. The molecule has 0 heterocycles. The second-order valence-corrected chi connectivity index (χ2v) is 5.06. The van der Waals surface area contributed by atoms with E-state index in [0.29, 0.717) is 13.0 Å². The van der Waals surface area contributed by atoms with E-state index in [9.17, 15) is 0 Å². The van der Waals surface area contributed by atoms with Crippen molar-refractivity contribution < 1.29 is 9.84 Å². The monoisotopic (exact) mass is 280 g/mol. The van der Waals surface area contributed by atoms with Crippen LogP contribution in [0.4, 0.5) is 0 Å². The zero-order chi connectivity index (χ0) is 15.1. The summed E-state index contributed by atoms with van der Waals surface area (Å²) in [6, 6.07) is 14.1. The third-order valence-corrected chi connectivity index (χ3v) is 3.02. The average Bonchev–Trinajstić information content (AvgIpc) is 2.45. The van der Waals surface area contributed by atoms with Crippen LogP contribution in [0.5, 0.6) is 5.75 Å². The molecule has 2 heteroatoms. The van der Waals surface area contributed by atoms with Crippen molar-refractivity contribution in [1.82, 2.24) is 0 Å². The van der Waals surface area contributed by atoms with Crippen molar-refractivity contribution in [2.75, 3.05) is 6.61 Å². The molecular weight excluding hydrogens is 260 g/mol. The molecule has 0 aliphatic carbocycles. The lowest BCUT2D eigenvalue weighted by atomic mass is 10.1. The van der Waals surface area contributed by atoms with E-state index in [-0.39, 0.29) is 6.61 Å². The van der Waals surface area contributed by atoms with Crippen molar-refractivity contribution in [3.63, 3.8) is 0 Å². The molecule has 0 aliphatic rings. The molecule has 2 nitrogen and oxygen atoms in total. The van der Waals surface area contributed by atoms with E-state index >= 15 is 0 Å². The van der Waals surface area contributed by atoms with Crippen LogP contribution >= 0.6 is 0 Å². The fourth-order valence-electron chi connectivity index (χ4n) is 2.22. The predicted molar refractivity (Wildman–Crippen MR) is 85.3 cm³/mol. The van der Waals surface area contributed by atoms with Gasteiger partial charge in [0.2, 0.25) is 0 Å². The maximum Gasteiger partial charge on any atom is 0.135 e. The summed E-state index contributed by atoms with van der Waals surface area (Å²) >= 11 is 0. The van der Waals surface area contributed by atoms with Crippen LogP contribution in [0.1, 0.15) is 28.7 Å². The summed E-state index contributed by atoms with van der Waals surface area (Å²) in [4.78, 5) is 0. The summed E-state index contributed by atoms with van der Waals surface area (Å²) in [6.07, 6.45) is 0.478. The van der Waals surface area contributed by atoms with Crippen molar-refractivity contribution >= 4 is 0 Å². The van der Waals surface area contributed by atoms with Crippen molar-refractivity contribution in [2.24, 2.45) is 0 Å². The van der Waals surface area contributed by atoms with Crippen LogP contribution in [-0.2, 0) is 6.61 Å². The van der Waals surface area contributed by atoms with Gasteiger partial charge in [0.1, 0.15) is 12.4 Å². The maximum atomic E-state index is 8.78. The van der Waals surface area contributed by atoms with E-state index in [1.807, 2.05) is 24.3 Å². The number of hydrogen-bond acceptors (Lipinski definition) is 2. The Labute approximate surface area is 126 Å². The Hall–Kier alpha value is -2.24. The number of para-hydroxylation sites is 1. The van der Waals surface area contributed by atoms with Crippen LogP contribution in [0.15, 0.2) is 42.5 Å². The molecule has 0 fully saturated rings. The first-order valence-corrected chi connectivity index (χ1v) is 7.08. The molecule has 0 amide bonds. The minimum atomic E-state index is 0.0819. The lowest BCUT2D eigenvalue weighted by molar-refractivity contribution is 0.304. The zero-order valence-electron chi connectivity index (χ0n) is 12.5. The highest BCUT2D eigenvalue weighted by Crippen LogP contribution is 2.19. The fraction of sp³-hybridized carbons (Fsp3) is 0.263. The number of ether oxygens (including phenoxy) is 1. The van der Waals surface area contributed by atoms with Crippen molar-refractivity contribution in [3.05, 3.63) is 64.7 Å². The molecule has 21 heavy (non-hydrogen) atoms. The molecule has 0 saturated carbocycles. The molecule has 0 aromatic heterocycles. The first-order chi connectivity index (χ1) is 10.2. The SMILES string of the molecule is Cc1cc(C)cc(COc2ccccc2C#CCCO)c1. The third kappa shape index (κ3) is 4.66. The quantitative estimate of drug-likeness (QED) is 0.867. The molecular formula is C19H20O2. The second kappa shape index (κ2) is 7.52. The Morgan fingerprint density at radius 2 is 1.76 bits per heavy atom. The van der Waals surface area contributed by atoms with Gasteiger partial charge in [-0.1, -0.05) is 53.3 Å². The molecule has 2 aromatic rings. The Morgan fingerprint density at radius 3 is 2.48 bits per heavy atom. The van der Waals surface area contributed by atoms with Crippen LogP contribution in [-0.4, -0.2) is 11.7 Å². The van der Waals surface area contributed by atoms with Crippen LogP contribution in [0, 0.1) is 25.7 Å². The average molecular weight is 280 g/mol. The fourth-order valence-corrected chi connectivity index (χ4v) is 2.22. The molecule has 0 atom stereocenters. The number of aliphatic hydroxyl groups is 1. The summed E-state index contributed by atoms with van der Waals surface area (Å²) in [7, 11) is 0. The highest BCUT2D eigenvalue weighted by molar-refractivity contribution is 5.46. The van der Waals surface area contributed by atoms with Gasteiger partial charge >= 0.3 is 0 Å². The van der Waals surface area contributed by atoms with Gasteiger partial charge in [-0.05, 0) is 31.5 Å². The summed E-state index contributed by atoms with van der Waals surface area (Å²) < 4.78 is 5.90. The number of hydrogen-bond donors (Lipinski definition) is 1. The van der Waals surface area contributed by atoms with Gasteiger partial charge in [-0.25, -0.2) is 0 Å². The van der Waals surface area contributed by atoms with Crippen LogP contribution in [0.3, 0.4) is 0 Å². The minimum Gasteiger partial charge on any atom is -0.488 e. The van der Waals surface area contributed by atoms with E-state index < -0.39 is 0 Å². The van der Waals surface area contributed by atoms with Gasteiger partial charge in [0.15, 0.2) is 0 Å². The zero-order valence-corrected chi connectivity index (χ0v) is 12.5. The van der Waals surface area contributed by atoms with Gasteiger partial charge in [-0.2, -0.15) is 0 Å². The highest BCUT2D eigenvalue weighted by Gasteiger charge is 2.02. The van der Waals surface area contributed by atoms with Gasteiger partial charge in [0.05, 0.1) is 12.2 Å². The predicted octanol–water partition coefficient (Wildman–Crippen LogP) is 3.62. The lowest BCUT2D eigenvalue weighted by Gasteiger charge is -2.09. The molecule has 2 rings (SSSR count). The summed E-state index contributed by atoms with van der Waals surface area (Å²) in [6.45, 7) is 4.79. The molecule has 0 bridgehead atoms. The second-order valence-electron chi connectivity index (χ2n) is 5.06. The Bertz CT molecular complexity index is 643. The van der Waals surface area contributed by atoms with Gasteiger partial charge in [-0.15, -0.1) is 0 Å². The molecule has 0 spiro atoms. The van der Waals surface area contributed by atoms with Gasteiger partial charge < -0.3 is 9.84 Å². The normalized spacial score (nSPS) is 9.86. The number of aryl methyl sites for hydroxylation is 2. The van der Waals surface area contributed by atoms with Gasteiger partial charge in [0, 0.05) is 6.42 Å². The van der Waals surface area contributed by atoms with Crippen LogP contribution < -0.4 is 4.74 Å². The molecule has 0 saturated heterocycles. The van der Waals surface area contributed by atoms with E-state index in [1.165, 1.54) is 11.1 Å². The third-order valence-electron chi connectivity index (χ3n) is 3.02. The molecule has 0 unspecified atom stereocenters. The van der Waals surface area contributed by atoms with Crippen molar-refractivity contribution in [2.45, 2.75) is 26.9 Å². The Balaban J connectivity index is 2.11. The molecule has 0 radical (unpaired) electrons. The van der Waals surface area contributed by atoms with Gasteiger partial charge in [0.25, 0.3) is 0 Å². The standard InChI is InChI=1S/C19H20O2/c1-15-11-16(2)13-17(12-15)14-21-19-9-4-3-7-18(19)8-5-6-10-20/h3-4,7,9,11-13,20H,6,10,14H2,1-2H3. The summed E-state index contributed by atoms with van der Waals surface area (Å²) in [5.74, 6) is 6.75. The van der Waals surface area contributed by atoms with E-state index in [4.69, 9.17) is 9.84 Å². The van der Waals surface area contributed by atoms with Crippen molar-refractivity contribution in [3.8, 4) is 17.6 Å². The number of aliphatic hydroxyl groups excluding tert-OH is 1. The topological polar surface area (TPSA) is 29.5 Å². The lowest BCUT2D eigenvalue weighted by Crippen LogP contribution is -1.98. The van der Waals surface area contributed by atoms with Crippen LogP contribution in [0.2, 0.25) is 0 Å². The first-order valence-electron chi connectivity index (χ1n) is 7.08. The maximum absolute atomic E-state index is 8.78. The largest absolute Gasteiger partial charge is 0.488 e. The Morgan fingerprint density at radius 1 is 1.05 bits per heavy atom. The number of rotatable bonds is 4. The van der Waals surface area contributed by atoms with Crippen molar-refractivity contribution in [1.29, 1.82) is 0 Å². The molecule has 0 aliphatic heterocycles. The Kier molecular flexibility index (Phi) is 5.43. The summed E-state index contributed by atoms with van der Waals surface area (Å²) in [5, 5.41) is 8.78. The van der Waals surface area contributed by atoms with E-state index in [2.05, 4.69) is 43.9 Å².